The van der Waals surface area contributed by atoms with Crippen LogP contribution in [0.5, 0.6) is 0 Å². The van der Waals surface area contributed by atoms with Crippen molar-refractivity contribution >= 4 is 23.2 Å². The summed E-state index contributed by atoms with van der Waals surface area (Å²) in [6.07, 6.45) is 3.98. The second-order valence-electron chi connectivity index (χ2n) is 6.89. The fraction of sp³-hybridized carbons (Fsp3) is 0.667. The molecule has 25 heavy (non-hydrogen) atoms. The summed E-state index contributed by atoms with van der Waals surface area (Å²) in [6, 6.07) is 2.18. The third kappa shape index (κ3) is 4.40. The first-order valence-electron chi connectivity index (χ1n) is 8.95. The van der Waals surface area contributed by atoms with Crippen molar-refractivity contribution in [1.29, 1.82) is 0 Å². The molecule has 0 aromatic carbocycles. The summed E-state index contributed by atoms with van der Waals surface area (Å²) in [6.45, 7) is 3.44. The Balaban J connectivity index is 1.64. The Bertz CT molecular complexity index is 606. The second kappa shape index (κ2) is 8.29. The van der Waals surface area contributed by atoms with Gasteiger partial charge in [0.05, 0.1) is 4.88 Å². The largest absolute Gasteiger partial charge is 0.375 e. The molecule has 1 fully saturated rings. The van der Waals surface area contributed by atoms with E-state index in [1.54, 1.807) is 11.3 Å². The van der Waals surface area contributed by atoms with E-state index in [1.807, 2.05) is 4.90 Å². The molecule has 1 saturated heterocycles. The van der Waals surface area contributed by atoms with Crippen LogP contribution in [0.1, 0.15) is 33.0 Å². The maximum atomic E-state index is 13.0. The van der Waals surface area contributed by atoms with Crippen LogP contribution in [0.2, 0.25) is 0 Å². The van der Waals surface area contributed by atoms with E-state index < -0.39 is 0 Å². The molecule has 7 heteroatoms. The van der Waals surface area contributed by atoms with Crippen molar-refractivity contribution in [2.24, 2.45) is 0 Å². The minimum absolute atomic E-state index is 0.0623. The van der Waals surface area contributed by atoms with E-state index >= 15 is 0 Å². The molecule has 138 valence electrons. The summed E-state index contributed by atoms with van der Waals surface area (Å²) in [7, 11) is 3.65. The molecule has 2 amide bonds. The molecular formula is C18H27N3O3S. The van der Waals surface area contributed by atoms with Gasteiger partial charge in [0.15, 0.2) is 0 Å². The number of nitrogens with one attached hydrogen (secondary N) is 1. The van der Waals surface area contributed by atoms with Gasteiger partial charge in [-0.2, -0.15) is 0 Å². The predicted molar refractivity (Wildman–Crippen MR) is 98.2 cm³/mol. The normalized spacial score (nSPS) is 21.0. The fourth-order valence-electron chi connectivity index (χ4n) is 3.58. The van der Waals surface area contributed by atoms with Crippen LogP contribution in [0.25, 0.3) is 0 Å². The van der Waals surface area contributed by atoms with Crippen molar-refractivity contribution in [3.05, 3.63) is 21.4 Å². The number of fused-ring (bicyclic) bond motifs is 1. The Kier molecular flexibility index (Phi) is 6.09. The summed E-state index contributed by atoms with van der Waals surface area (Å²) in [5.41, 5.74) is 1.34. The monoisotopic (exact) mass is 365 g/mol. The number of ether oxygens (including phenoxy) is 1. The van der Waals surface area contributed by atoms with Crippen molar-refractivity contribution in [2.75, 3.05) is 46.9 Å². The lowest BCUT2D eigenvalue weighted by Crippen LogP contribution is -2.43. The number of carbonyl (C=O) groups is 2. The molecule has 0 spiro atoms. The molecule has 0 radical (unpaired) electrons. The summed E-state index contributed by atoms with van der Waals surface area (Å²) in [4.78, 5) is 31.1. The molecule has 3 rings (SSSR count). The van der Waals surface area contributed by atoms with Gasteiger partial charge in [-0.3, -0.25) is 9.59 Å². The Hall–Kier alpha value is -1.44. The average molecular weight is 365 g/mol. The SMILES string of the molecule is COCC(=O)NCC1CCCN1C(=O)c1cc2c(s1)CCN(C)CC2. The van der Waals surface area contributed by atoms with Crippen molar-refractivity contribution in [3.63, 3.8) is 0 Å². The lowest BCUT2D eigenvalue weighted by Gasteiger charge is -2.24. The zero-order valence-corrected chi connectivity index (χ0v) is 15.9. The Morgan fingerprint density at radius 1 is 1.32 bits per heavy atom. The molecule has 6 nitrogen and oxygen atoms in total. The van der Waals surface area contributed by atoms with E-state index in [2.05, 4.69) is 23.3 Å². The number of hydrogen-bond acceptors (Lipinski definition) is 5. The molecule has 1 unspecified atom stereocenters. The quantitative estimate of drug-likeness (QED) is 0.850. The van der Waals surface area contributed by atoms with Crippen LogP contribution in [0, 0.1) is 0 Å². The lowest BCUT2D eigenvalue weighted by atomic mass is 10.1. The zero-order valence-electron chi connectivity index (χ0n) is 15.0. The van der Waals surface area contributed by atoms with Gasteiger partial charge in [0, 0.05) is 44.2 Å². The molecule has 2 aliphatic heterocycles. The van der Waals surface area contributed by atoms with Crippen molar-refractivity contribution in [3.8, 4) is 0 Å². The van der Waals surface area contributed by atoms with Gasteiger partial charge in [0.25, 0.3) is 5.91 Å². The molecule has 3 heterocycles. The number of methoxy groups -OCH3 is 1. The number of likely N-dealkylation sites (N-methyl/N-ethyl adjacent to an activating group) is 1. The van der Waals surface area contributed by atoms with E-state index in [4.69, 9.17) is 4.74 Å². The lowest BCUT2D eigenvalue weighted by molar-refractivity contribution is -0.124. The summed E-state index contributed by atoms with van der Waals surface area (Å²) >= 11 is 1.65. The van der Waals surface area contributed by atoms with Crippen molar-refractivity contribution in [1.82, 2.24) is 15.1 Å². The number of carbonyl (C=O) groups excluding carboxylic acids is 2. The van der Waals surface area contributed by atoms with Gasteiger partial charge >= 0.3 is 0 Å². The highest BCUT2D eigenvalue weighted by atomic mass is 32.1. The smallest absolute Gasteiger partial charge is 0.264 e. The number of hydrogen-bond donors (Lipinski definition) is 1. The molecule has 0 bridgehead atoms. The standard InChI is InChI=1S/C18H27N3O3S/c1-20-8-5-13-10-16(25-15(13)6-9-20)18(23)21-7-3-4-14(21)11-19-17(22)12-24-2/h10,14H,3-9,11-12H2,1-2H3,(H,19,22). The van der Waals surface area contributed by atoms with E-state index in [1.165, 1.54) is 17.6 Å². The average Bonchev–Trinajstić information content (AvgIpc) is 3.19. The molecule has 0 aliphatic carbocycles. The molecule has 0 saturated carbocycles. The number of rotatable bonds is 5. The molecule has 1 N–H and O–H groups in total. The van der Waals surface area contributed by atoms with Crippen LogP contribution in [0.4, 0.5) is 0 Å². The van der Waals surface area contributed by atoms with Gasteiger partial charge in [-0.1, -0.05) is 0 Å². The first kappa shape index (κ1) is 18.4. The number of nitrogens with zero attached hydrogens (tertiary/aromatic N) is 2. The highest BCUT2D eigenvalue weighted by Crippen LogP contribution is 2.29. The molecule has 1 atom stereocenters. The van der Waals surface area contributed by atoms with Crippen LogP contribution >= 0.6 is 11.3 Å². The summed E-state index contributed by atoms with van der Waals surface area (Å²) < 4.78 is 4.83. The van der Waals surface area contributed by atoms with Gasteiger partial charge < -0.3 is 19.9 Å². The number of thiophene rings is 1. The summed E-state index contributed by atoms with van der Waals surface area (Å²) in [5, 5.41) is 2.86. The van der Waals surface area contributed by atoms with Crippen LogP contribution in [0.15, 0.2) is 6.07 Å². The van der Waals surface area contributed by atoms with Gasteiger partial charge in [0.2, 0.25) is 5.91 Å². The minimum atomic E-state index is -0.131. The zero-order chi connectivity index (χ0) is 17.8. The third-order valence-electron chi connectivity index (χ3n) is 5.04. The number of amides is 2. The third-order valence-corrected chi connectivity index (χ3v) is 6.26. The van der Waals surface area contributed by atoms with Crippen LogP contribution in [0.3, 0.4) is 0 Å². The Morgan fingerprint density at radius 2 is 2.12 bits per heavy atom. The maximum absolute atomic E-state index is 13.0. The second-order valence-corrected chi connectivity index (χ2v) is 8.03. The first-order chi connectivity index (χ1) is 12.1. The molecular weight excluding hydrogens is 338 g/mol. The Labute approximate surface area is 153 Å². The van der Waals surface area contributed by atoms with Gasteiger partial charge in [0.1, 0.15) is 6.61 Å². The maximum Gasteiger partial charge on any atom is 0.264 e. The topological polar surface area (TPSA) is 61.9 Å². The fourth-order valence-corrected chi connectivity index (χ4v) is 4.74. The highest BCUT2D eigenvalue weighted by molar-refractivity contribution is 7.14. The van der Waals surface area contributed by atoms with E-state index in [0.717, 1.165) is 50.2 Å². The van der Waals surface area contributed by atoms with E-state index in [9.17, 15) is 9.59 Å². The van der Waals surface area contributed by atoms with E-state index in [-0.39, 0.29) is 24.5 Å². The molecule has 2 aliphatic rings. The van der Waals surface area contributed by atoms with Gasteiger partial charge in [-0.05, 0) is 44.4 Å². The minimum Gasteiger partial charge on any atom is -0.375 e. The van der Waals surface area contributed by atoms with E-state index in [0.29, 0.717) is 6.54 Å². The predicted octanol–water partition coefficient (Wildman–Crippen LogP) is 1.15. The molecule has 1 aromatic rings. The Morgan fingerprint density at radius 3 is 2.92 bits per heavy atom. The highest BCUT2D eigenvalue weighted by Gasteiger charge is 2.31. The van der Waals surface area contributed by atoms with Gasteiger partial charge in [-0.25, -0.2) is 0 Å². The van der Waals surface area contributed by atoms with Crippen molar-refractivity contribution < 1.29 is 14.3 Å². The van der Waals surface area contributed by atoms with Crippen LogP contribution in [-0.2, 0) is 22.4 Å². The summed E-state index contributed by atoms with van der Waals surface area (Å²) in [5.74, 6) is -0.0105. The van der Waals surface area contributed by atoms with Crippen LogP contribution in [-0.4, -0.2) is 74.6 Å². The van der Waals surface area contributed by atoms with Crippen molar-refractivity contribution in [2.45, 2.75) is 31.7 Å². The number of likely N-dealkylation sites (tertiary alicyclic amines) is 1. The molecule has 1 aromatic heterocycles. The van der Waals surface area contributed by atoms with Gasteiger partial charge in [-0.15, -0.1) is 11.3 Å². The first-order valence-corrected chi connectivity index (χ1v) is 9.77. The van der Waals surface area contributed by atoms with Crippen LogP contribution < -0.4 is 5.32 Å².